The summed E-state index contributed by atoms with van der Waals surface area (Å²) in [6.45, 7) is 3.91. The summed E-state index contributed by atoms with van der Waals surface area (Å²) in [6.07, 6.45) is 0.439. The third-order valence-corrected chi connectivity index (χ3v) is 4.13. The number of Topliss-reactive ketones (excluding diaryl/α,β-unsaturated/α-hetero) is 1. The summed E-state index contributed by atoms with van der Waals surface area (Å²) in [5.74, 6) is 0.880. The summed E-state index contributed by atoms with van der Waals surface area (Å²) >= 11 is 11.8. The second kappa shape index (κ2) is 5.38. The number of carbonyl (C=O) groups excluding carboxylic acids is 1. The molecular weight excluding hydrogens is 257 g/mol. The minimum atomic E-state index is 0.116. The van der Waals surface area contributed by atoms with Gasteiger partial charge in [-0.2, -0.15) is 0 Å². The van der Waals surface area contributed by atoms with E-state index in [4.69, 9.17) is 23.2 Å². The van der Waals surface area contributed by atoms with Crippen molar-refractivity contribution in [1.29, 1.82) is 0 Å². The highest BCUT2D eigenvalue weighted by atomic mass is 35.5. The lowest BCUT2D eigenvalue weighted by Gasteiger charge is -2.31. The fourth-order valence-electron chi connectivity index (χ4n) is 1.94. The van der Waals surface area contributed by atoms with E-state index in [1.54, 1.807) is 12.1 Å². The molecule has 1 saturated heterocycles. The van der Waals surface area contributed by atoms with Gasteiger partial charge in [-0.3, -0.25) is 4.79 Å². The van der Waals surface area contributed by atoms with Crippen LogP contribution in [0.15, 0.2) is 18.2 Å². The number of rotatable bonds is 4. The SMILES string of the molecule is CC(C(=O)Cc1ccc(Cl)c(Cl)c1)C1CNC1. The van der Waals surface area contributed by atoms with Gasteiger partial charge in [0, 0.05) is 12.3 Å². The highest BCUT2D eigenvalue weighted by Gasteiger charge is 2.28. The Morgan fingerprint density at radius 1 is 1.41 bits per heavy atom. The molecule has 1 fully saturated rings. The third-order valence-electron chi connectivity index (χ3n) is 3.39. The smallest absolute Gasteiger partial charge is 0.140 e. The molecule has 1 unspecified atom stereocenters. The Bertz CT molecular complexity index is 429. The van der Waals surface area contributed by atoms with Crippen LogP contribution in [0.25, 0.3) is 0 Å². The Kier molecular flexibility index (Phi) is 4.08. The van der Waals surface area contributed by atoms with E-state index in [9.17, 15) is 4.79 Å². The normalized spacial score (nSPS) is 17.6. The number of ketones is 1. The zero-order valence-electron chi connectivity index (χ0n) is 9.67. The van der Waals surface area contributed by atoms with Crippen molar-refractivity contribution in [3.63, 3.8) is 0 Å². The zero-order valence-corrected chi connectivity index (χ0v) is 11.2. The van der Waals surface area contributed by atoms with Crippen LogP contribution in [-0.2, 0) is 11.2 Å². The first kappa shape index (κ1) is 12.9. The van der Waals surface area contributed by atoms with Gasteiger partial charge in [-0.15, -0.1) is 0 Å². The minimum absolute atomic E-state index is 0.116. The number of nitrogens with one attached hydrogen (secondary N) is 1. The molecule has 0 amide bonds. The molecule has 0 bridgehead atoms. The van der Waals surface area contributed by atoms with Gasteiger partial charge in [0.05, 0.1) is 10.0 Å². The first-order valence-corrected chi connectivity index (χ1v) is 6.51. The number of hydrogen-bond acceptors (Lipinski definition) is 2. The lowest BCUT2D eigenvalue weighted by Crippen LogP contribution is -2.47. The Hall–Kier alpha value is -0.570. The van der Waals surface area contributed by atoms with Gasteiger partial charge in [0.15, 0.2) is 0 Å². The first-order valence-electron chi connectivity index (χ1n) is 5.75. The molecule has 1 aromatic rings. The van der Waals surface area contributed by atoms with E-state index in [0.29, 0.717) is 22.4 Å². The molecule has 0 radical (unpaired) electrons. The molecule has 0 aliphatic carbocycles. The number of hydrogen-bond donors (Lipinski definition) is 1. The summed E-state index contributed by atoms with van der Waals surface area (Å²) in [4.78, 5) is 12.0. The second-order valence-electron chi connectivity index (χ2n) is 4.60. The maximum Gasteiger partial charge on any atom is 0.140 e. The minimum Gasteiger partial charge on any atom is -0.316 e. The van der Waals surface area contributed by atoms with E-state index in [1.165, 1.54) is 0 Å². The third kappa shape index (κ3) is 3.01. The van der Waals surface area contributed by atoms with Crippen LogP contribution < -0.4 is 5.32 Å². The zero-order chi connectivity index (χ0) is 12.4. The molecule has 1 N–H and O–H groups in total. The Labute approximate surface area is 111 Å². The molecule has 0 aromatic heterocycles. The molecule has 4 heteroatoms. The molecule has 1 aliphatic heterocycles. The lowest BCUT2D eigenvalue weighted by molar-refractivity contribution is -0.123. The molecule has 2 rings (SSSR count). The van der Waals surface area contributed by atoms with Gasteiger partial charge in [0.2, 0.25) is 0 Å². The van der Waals surface area contributed by atoms with Gasteiger partial charge in [0.25, 0.3) is 0 Å². The van der Waals surface area contributed by atoms with E-state index < -0.39 is 0 Å². The van der Waals surface area contributed by atoms with Crippen LogP contribution in [0.3, 0.4) is 0 Å². The molecular formula is C13H15Cl2NO. The van der Waals surface area contributed by atoms with Crippen molar-refractivity contribution in [1.82, 2.24) is 5.32 Å². The topological polar surface area (TPSA) is 29.1 Å². The fraction of sp³-hybridized carbons (Fsp3) is 0.462. The number of benzene rings is 1. The van der Waals surface area contributed by atoms with E-state index in [1.807, 2.05) is 13.0 Å². The van der Waals surface area contributed by atoms with Gasteiger partial charge >= 0.3 is 0 Å². The van der Waals surface area contributed by atoms with Crippen molar-refractivity contribution in [2.45, 2.75) is 13.3 Å². The molecule has 92 valence electrons. The molecule has 1 heterocycles. The van der Waals surface area contributed by atoms with E-state index in [-0.39, 0.29) is 11.7 Å². The summed E-state index contributed by atoms with van der Waals surface area (Å²) in [5.41, 5.74) is 0.934. The predicted molar refractivity (Wildman–Crippen MR) is 70.7 cm³/mol. The van der Waals surface area contributed by atoms with Gasteiger partial charge < -0.3 is 5.32 Å². The molecule has 1 atom stereocenters. The standard InChI is InChI=1S/C13H15Cl2NO/c1-8(10-6-16-7-10)13(17)5-9-2-3-11(14)12(15)4-9/h2-4,8,10,16H,5-7H2,1H3. The van der Waals surface area contributed by atoms with E-state index in [0.717, 1.165) is 18.7 Å². The largest absolute Gasteiger partial charge is 0.316 e. The Morgan fingerprint density at radius 2 is 2.12 bits per heavy atom. The van der Waals surface area contributed by atoms with Gasteiger partial charge in [-0.05, 0) is 36.7 Å². The first-order chi connectivity index (χ1) is 8.08. The lowest BCUT2D eigenvalue weighted by atomic mass is 9.84. The van der Waals surface area contributed by atoms with Crippen molar-refractivity contribution < 1.29 is 4.79 Å². The summed E-state index contributed by atoms with van der Waals surface area (Å²) in [5, 5.41) is 4.22. The number of carbonyl (C=O) groups is 1. The Balaban J connectivity index is 1.99. The molecule has 1 aliphatic rings. The van der Waals surface area contributed by atoms with Crippen LogP contribution >= 0.6 is 23.2 Å². The summed E-state index contributed by atoms with van der Waals surface area (Å²) in [6, 6.07) is 5.37. The van der Waals surface area contributed by atoms with Gasteiger partial charge in [-0.1, -0.05) is 36.2 Å². The van der Waals surface area contributed by atoms with Crippen LogP contribution in [-0.4, -0.2) is 18.9 Å². The maximum atomic E-state index is 12.0. The summed E-state index contributed by atoms with van der Waals surface area (Å²) in [7, 11) is 0. The average Bonchev–Trinajstić information content (AvgIpc) is 2.21. The van der Waals surface area contributed by atoms with Crippen molar-refractivity contribution in [3.05, 3.63) is 33.8 Å². The van der Waals surface area contributed by atoms with Crippen molar-refractivity contribution in [2.75, 3.05) is 13.1 Å². The van der Waals surface area contributed by atoms with Crippen LogP contribution in [0.2, 0.25) is 10.0 Å². The highest BCUT2D eigenvalue weighted by Crippen LogP contribution is 2.24. The molecule has 2 nitrogen and oxygen atoms in total. The van der Waals surface area contributed by atoms with E-state index in [2.05, 4.69) is 5.32 Å². The average molecular weight is 272 g/mol. The second-order valence-corrected chi connectivity index (χ2v) is 5.41. The van der Waals surface area contributed by atoms with Crippen molar-refractivity contribution in [3.8, 4) is 0 Å². The van der Waals surface area contributed by atoms with Crippen LogP contribution in [0.4, 0.5) is 0 Å². The van der Waals surface area contributed by atoms with Crippen LogP contribution in [0, 0.1) is 11.8 Å². The van der Waals surface area contributed by atoms with Gasteiger partial charge in [0.1, 0.15) is 5.78 Å². The van der Waals surface area contributed by atoms with Crippen LogP contribution in [0.1, 0.15) is 12.5 Å². The fourth-order valence-corrected chi connectivity index (χ4v) is 2.26. The highest BCUT2D eigenvalue weighted by molar-refractivity contribution is 6.42. The quantitative estimate of drug-likeness (QED) is 0.913. The molecule has 0 saturated carbocycles. The number of halogens is 2. The predicted octanol–water partition coefficient (Wildman–Crippen LogP) is 2.96. The van der Waals surface area contributed by atoms with Crippen molar-refractivity contribution >= 4 is 29.0 Å². The monoisotopic (exact) mass is 271 g/mol. The Morgan fingerprint density at radius 3 is 2.65 bits per heavy atom. The van der Waals surface area contributed by atoms with Crippen molar-refractivity contribution in [2.24, 2.45) is 11.8 Å². The summed E-state index contributed by atoms with van der Waals surface area (Å²) < 4.78 is 0. The van der Waals surface area contributed by atoms with E-state index >= 15 is 0 Å². The van der Waals surface area contributed by atoms with Gasteiger partial charge in [-0.25, -0.2) is 0 Å². The molecule has 17 heavy (non-hydrogen) atoms. The van der Waals surface area contributed by atoms with Crippen LogP contribution in [0.5, 0.6) is 0 Å². The molecule has 1 aromatic carbocycles. The molecule has 0 spiro atoms. The maximum absolute atomic E-state index is 12.0.